The van der Waals surface area contributed by atoms with Crippen molar-refractivity contribution in [3.8, 4) is 17.2 Å². The summed E-state index contributed by atoms with van der Waals surface area (Å²) in [4.78, 5) is 14.2. The van der Waals surface area contributed by atoms with Crippen LogP contribution < -0.4 is 4.74 Å². The summed E-state index contributed by atoms with van der Waals surface area (Å²) in [7, 11) is -3.77. The predicted molar refractivity (Wildman–Crippen MR) is 89.8 cm³/mol. The maximum Gasteiger partial charge on any atom is 0.330 e. The molecule has 2 aromatic carbocycles. The monoisotopic (exact) mass is 359 g/mol. The number of rotatable bonds is 5. The molecule has 0 saturated carbocycles. The van der Waals surface area contributed by atoms with E-state index >= 15 is 0 Å². The van der Waals surface area contributed by atoms with Gasteiger partial charge in [-0.25, -0.2) is 13.4 Å². The van der Waals surface area contributed by atoms with Crippen molar-refractivity contribution >= 4 is 15.5 Å². The lowest BCUT2D eigenvalue weighted by atomic mass is 10.2. The van der Waals surface area contributed by atoms with Gasteiger partial charge in [-0.1, -0.05) is 12.1 Å². The summed E-state index contributed by atoms with van der Waals surface area (Å²) in [5, 5.41) is 11.4. The fourth-order valence-electron chi connectivity index (χ4n) is 2.31. The van der Waals surface area contributed by atoms with Crippen molar-refractivity contribution < 1.29 is 18.1 Å². The van der Waals surface area contributed by atoms with Gasteiger partial charge in [0, 0.05) is 24.7 Å². The van der Waals surface area contributed by atoms with Gasteiger partial charge in [0.2, 0.25) is 5.75 Å². The van der Waals surface area contributed by atoms with Crippen LogP contribution in [-0.4, -0.2) is 29.1 Å². The molecule has 0 fully saturated rings. The Morgan fingerprint density at radius 2 is 1.96 bits per heavy atom. The zero-order valence-corrected chi connectivity index (χ0v) is 13.9. The number of aromatic nitrogens is 2. The number of ether oxygens (including phenoxy) is 1. The summed E-state index contributed by atoms with van der Waals surface area (Å²) >= 11 is 0. The average molecular weight is 359 g/mol. The molecule has 1 aromatic heterocycles. The maximum atomic E-state index is 11.8. The first-order valence-corrected chi connectivity index (χ1v) is 8.99. The second-order valence-corrected chi connectivity index (χ2v) is 7.19. The van der Waals surface area contributed by atoms with E-state index in [1.807, 2.05) is 6.07 Å². The van der Waals surface area contributed by atoms with Crippen molar-refractivity contribution in [1.82, 2.24) is 9.55 Å². The van der Waals surface area contributed by atoms with Crippen molar-refractivity contribution in [3.63, 3.8) is 0 Å². The summed E-state index contributed by atoms with van der Waals surface area (Å²) in [6.07, 6.45) is 5.88. The number of nitro groups is 1. The van der Waals surface area contributed by atoms with E-state index in [-0.39, 0.29) is 10.6 Å². The molecule has 25 heavy (non-hydrogen) atoms. The number of benzene rings is 2. The molecule has 0 N–H and O–H groups in total. The van der Waals surface area contributed by atoms with Gasteiger partial charge >= 0.3 is 5.69 Å². The van der Waals surface area contributed by atoms with Crippen LogP contribution in [0.1, 0.15) is 0 Å². The van der Waals surface area contributed by atoms with E-state index in [1.165, 1.54) is 18.2 Å². The first-order chi connectivity index (χ1) is 11.9. The second-order valence-electron chi connectivity index (χ2n) is 5.20. The van der Waals surface area contributed by atoms with Crippen molar-refractivity contribution in [2.75, 3.05) is 6.26 Å². The molecule has 0 amide bonds. The van der Waals surface area contributed by atoms with E-state index < -0.39 is 20.4 Å². The number of hydrogen-bond donors (Lipinski definition) is 0. The summed E-state index contributed by atoms with van der Waals surface area (Å²) in [6.45, 7) is 0. The molecule has 8 nitrogen and oxygen atoms in total. The van der Waals surface area contributed by atoms with Gasteiger partial charge in [-0.05, 0) is 24.3 Å². The maximum absolute atomic E-state index is 11.8. The first kappa shape index (κ1) is 16.7. The standard InChI is InChI=1S/C16H13N3O5S/c1-25(22,23)15-7-3-6-14(16(15)19(20)21)24-13-5-2-4-12(10-13)18-9-8-17-11-18/h2-11H,1H3. The van der Waals surface area contributed by atoms with Gasteiger partial charge in [-0.15, -0.1) is 0 Å². The Morgan fingerprint density at radius 1 is 1.20 bits per heavy atom. The number of para-hydroxylation sites is 1. The van der Waals surface area contributed by atoms with Crippen LogP contribution in [0.25, 0.3) is 5.69 Å². The van der Waals surface area contributed by atoms with Crippen molar-refractivity contribution in [2.45, 2.75) is 4.90 Å². The van der Waals surface area contributed by atoms with Gasteiger partial charge < -0.3 is 9.30 Å². The van der Waals surface area contributed by atoms with Crippen LogP contribution in [0.3, 0.4) is 0 Å². The summed E-state index contributed by atoms with van der Waals surface area (Å²) in [5.74, 6) is 0.190. The molecule has 0 aliphatic carbocycles. The van der Waals surface area contributed by atoms with E-state index in [1.54, 1.807) is 41.5 Å². The van der Waals surface area contributed by atoms with Gasteiger partial charge in [0.1, 0.15) is 10.6 Å². The largest absolute Gasteiger partial charge is 0.450 e. The zero-order valence-electron chi connectivity index (χ0n) is 13.1. The van der Waals surface area contributed by atoms with Crippen molar-refractivity contribution in [1.29, 1.82) is 0 Å². The molecule has 9 heteroatoms. The number of nitrogens with zero attached hydrogens (tertiary/aromatic N) is 3. The molecule has 0 saturated heterocycles. The van der Waals surface area contributed by atoms with E-state index in [0.29, 0.717) is 5.75 Å². The molecule has 0 unspecified atom stereocenters. The fourth-order valence-corrected chi connectivity index (χ4v) is 3.16. The minimum absolute atomic E-state index is 0.143. The highest BCUT2D eigenvalue weighted by molar-refractivity contribution is 7.90. The zero-order chi connectivity index (χ0) is 18.0. The van der Waals surface area contributed by atoms with Crippen LogP contribution >= 0.6 is 0 Å². The molecule has 0 radical (unpaired) electrons. The number of sulfone groups is 1. The molecule has 3 aromatic rings. The smallest absolute Gasteiger partial charge is 0.330 e. The van der Waals surface area contributed by atoms with Gasteiger partial charge in [0.05, 0.1) is 16.9 Å². The average Bonchev–Trinajstić information content (AvgIpc) is 3.08. The van der Waals surface area contributed by atoms with Crippen molar-refractivity contribution in [2.24, 2.45) is 0 Å². The van der Waals surface area contributed by atoms with Crippen LogP contribution in [0.15, 0.2) is 66.1 Å². The Morgan fingerprint density at radius 3 is 2.60 bits per heavy atom. The molecule has 0 aliphatic heterocycles. The minimum Gasteiger partial charge on any atom is -0.450 e. The molecular weight excluding hydrogens is 346 g/mol. The Hall–Kier alpha value is -3.20. The topological polar surface area (TPSA) is 104 Å². The highest BCUT2D eigenvalue weighted by Crippen LogP contribution is 2.36. The molecule has 1 heterocycles. The molecular formula is C16H13N3O5S. The minimum atomic E-state index is -3.77. The number of hydrogen-bond acceptors (Lipinski definition) is 6. The Balaban J connectivity index is 2.04. The van der Waals surface area contributed by atoms with Gasteiger partial charge in [-0.2, -0.15) is 0 Å². The quantitative estimate of drug-likeness (QED) is 0.512. The Labute approximate surface area is 143 Å². The van der Waals surface area contributed by atoms with Crippen LogP contribution in [0.4, 0.5) is 5.69 Å². The fraction of sp³-hybridized carbons (Fsp3) is 0.0625. The molecule has 0 aliphatic rings. The van der Waals surface area contributed by atoms with Gasteiger partial charge in [0.25, 0.3) is 0 Å². The van der Waals surface area contributed by atoms with Gasteiger partial charge in [-0.3, -0.25) is 10.1 Å². The summed E-state index contributed by atoms with van der Waals surface area (Å²) in [6, 6.07) is 10.8. The lowest BCUT2D eigenvalue weighted by molar-refractivity contribution is -0.388. The first-order valence-electron chi connectivity index (χ1n) is 7.10. The van der Waals surface area contributed by atoms with Crippen LogP contribution in [0, 0.1) is 10.1 Å². The molecule has 128 valence electrons. The Bertz CT molecular complexity index is 1030. The third-order valence-electron chi connectivity index (χ3n) is 3.39. The lowest BCUT2D eigenvalue weighted by Crippen LogP contribution is -2.04. The van der Waals surface area contributed by atoms with Crippen LogP contribution in [0.5, 0.6) is 11.5 Å². The summed E-state index contributed by atoms with van der Waals surface area (Å²) < 4.78 is 31.0. The Kier molecular flexibility index (Phi) is 4.24. The lowest BCUT2D eigenvalue weighted by Gasteiger charge is -2.10. The van der Waals surface area contributed by atoms with E-state index in [2.05, 4.69) is 4.98 Å². The third kappa shape index (κ3) is 3.50. The highest BCUT2D eigenvalue weighted by Gasteiger charge is 2.27. The normalized spacial score (nSPS) is 11.2. The number of nitro benzene ring substituents is 1. The molecule has 3 rings (SSSR count). The van der Waals surface area contributed by atoms with Crippen molar-refractivity contribution in [3.05, 3.63) is 71.3 Å². The predicted octanol–water partition coefficient (Wildman–Crippen LogP) is 2.98. The molecule has 0 bridgehead atoms. The third-order valence-corrected chi connectivity index (χ3v) is 4.52. The van der Waals surface area contributed by atoms with E-state index in [0.717, 1.165) is 11.9 Å². The molecule has 0 atom stereocenters. The van der Waals surface area contributed by atoms with E-state index in [4.69, 9.17) is 4.74 Å². The van der Waals surface area contributed by atoms with Crippen LogP contribution in [-0.2, 0) is 9.84 Å². The second kappa shape index (κ2) is 6.36. The number of imidazole rings is 1. The summed E-state index contributed by atoms with van der Waals surface area (Å²) in [5.41, 5.74) is 0.162. The van der Waals surface area contributed by atoms with Gasteiger partial charge in [0.15, 0.2) is 9.84 Å². The van der Waals surface area contributed by atoms with Crippen LogP contribution in [0.2, 0.25) is 0 Å². The molecule has 0 spiro atoms. The SMILES string of the molecule is CS(=O)(=O)c1cccc(Oc2cccc(-n3ccnc3)c2)c1[N+](=O)[O-]. The highest BCUT2D eigenvalue weighted by atomic mass is 32.2. The van der Waals surface area contributed by atoms with E-state index in [9.17, 15) is 18.5 Å².